The maximum absolute atomic E-state index is 6.10. The Morgan fingerprint density at radius 1 is 1.43 bits per heavy atom. The lowest BCUT2D eigenvalue weighted by Crippen LogP contribution is -2.31. The molecule has 0 saturated heterocycles. The Bertz CT molecular complexity index is 593. The van der Waals surface area contributed by atoms with Gasteiger partial charge < -0.3 is 14.6 Å². The van der Waals surface area contributed by atoms with Crippen molar-refractivity contribution < 1.29 is 4.74 Å². The maximum atomic E-state index is 6.10. The van der Waals surface area contributed by atoms with E-state index in [0.29, 0.717) is 0 Å². The Morgan fingerprint density at radius 2 is 2.29 bits per heavy atom. The molecule has 3 rings (SSSR count). The van der Waals surface area contributed by atoms with Gasteiger partial charge >= 0.3 is 0 Å². The molecule has 2 unspecified atom stereocenters. The van der Waals surface area contributed by atoms with Crippen LogP contribution in [0.25, 0.3) is 0 Å². The van der Waals surface area contributed by atoms with Crippen molar-refractivity contribution in [3.8, 4) is 0 Å². The Labute approximate surface area is 126 Å². The highest BCUT2D eigenvalue weighted by Gasteiger charge is 2.31. The van der Waals surface area contributed by atoms with Crippen LogP contribution >= 0.6 is 0 Å². The molecular weight excluding hydrogens is 262 g/mol. The first kappa shape index (κ1) is 14.3. The topological polar surface area (TPSA) is 39.1 Å². The van der Waals surface area contributed by atoms with Crippen LogP contribution in [-0.2, 0) is 17.7 Å². The monoisotopic (exact) mass is 285 g/mol. The minimum atomic E-state index is 0.0259. The molecule has 2 aromatic rings. The zero-order valence-electron chi connectivity index (χ0n) is 12.7. The number of hydrogen-bond donors (Lipinski definition) is 1. The molecule has 0 spiro atoms. The average Bonchev–Trinajstić information content (AvgIpc) is 2.97. The van der Waals surface area contributed by atoms with Crippen LogP contribution in [0.3, 0.4) is 0 Å². The summed E-state index contributed by atoms with van der Waals surface area (Å²) in [7, 11) is 1.98. The van der Waals surface area contributed by atoms with Gasteiger partial charge in [-0.25, -0.2) is 4.98 Å². The minimum absolute atomic E-state index is 0.0259. The van der Waals surface area contributed by atoms with Gasteiger partial charge in [0.05, 0.1) is 12.6 Å². The lowest BCUT2D eigenvalue weighted by molar-refractivity contribution is 0.0137. The summed E-state index contributed by atoms with van der Waals surface area (Å²) >= 11 is 0. The third-order valence-electron chi connectivity index (χ3n) is 4.13. The van der Waals surface area contributed by atoms with Crippen LogP contribution < -0.4 is 5.32 Å². The van der Waals surface area contributed by atoms with Crippen molar-refractivity contribution in [3.05, 3.63) is 53.6 Å². The Kier molecular flexibility index (Phi) is 4.36. The number of imidazole rings is 1. The summed E-state index contributed by atoms with van der Waals surface area (Å²) in [5.74, 6) is 1.06. The molecule has 0 amide bonds. The van der Waals surface area contributed by atoms with Gasteiger partial charge in [0.2, 0.25) is 0 Å². The predicted molar refractivity (Wildman–Crippen MR) is 83.2 cm³/mol. The van der Waals surface area contributed by atoms with Crippen molar-refractivity contribution >= 4 is 0 Å². The second-order valence-electron chi connectivity index (χ2n) is 5.49. The molecule has 1 N–H and O–H groups in total. The number of aromatic nitrogens is 2. The maximum Gasteiger partial charge on any atom is 0.128 e. The van der Waals surface area contributed by atoms with E-state index in [9.17, 15) is 0 Å². The molecule has 2 heterocycles. The number of aryl methyl sites for hydroxylation is 1. The minimum Gasteiger partial charge on any atom is -0.371 e. The number of hydrogen-bond acceptors (Lipinski definition) is 3. The van der Waals surface area contributed by atoms with Crippen molar-refractivity contribution in [1.82, 2.24) is 14.9 Å². The zero-order valence-corrected chi connectivity index (χ0v) is 12.7. The van der Waals surface area contributed by atoms with E-state index in [1.54, 1.807) is 0 Å². The first-order valence-electron chi connectivity index (χ1n) is 7.72. The first-order valence-corrected chi connectivity index (χ1v) is 7.72. The van der Waals surface area contributed by atoms with E-state index < -0.39 is 0 Å². The normalized spacial score (nSPS) is 19.2. The molecule has 0 saturated carbocycles. The molecule has 21 heavy (non-hydrogen) atoms. The molecule has 0 bridgehead atoms. The van der Waals surface area contributed by atoms with Crippen molar-refractivity contribution in [2.45, 2.75) is 38.5 Å². The summed E-state index contributed by atoms with van der Waals surface area (Å²) in [6.07, 6.45) is 6.05. The SMILES string of the molecule is CCCn1ccnc1C(NC)C1OCCc2ccccc21. The van der Waals surface area contributed by atoms with E-state index in [-0.39, 0.29) is 12.1 Å². The van der Waals surface area contributed by atoms with E-state index >= 15 is 0 Å². The lowest BCUT2D eigenvalue weighted by Gasteiger charge is -2.32. The number of likely N-dealkylation sites (N-methyl/N-ethyl adjacent to an activating group) is 1. The smallest absolute Gasteiger partial charge is 0.128 e. The number of nitrogens with one attached hydrogen (secondary N) is 1. The van der Waals surface area contributed by atoms with E-state index in [1.807, 2.05) is 13.2 Å². The van der Waals surface area contributed by atoms with Crippen LogP contribution in [0.15, 0.2) is 36.7 Å². The van der Waals surface area contributed by atoms with Crippen LogP contribution in [0.2, 0.25) is 0 Å². The van der Waals surface area contributed by atoms with Gasteiger partial charge in [-0.2, -0.15) is 0 Å². The number of benzene rings is 1. The second-order valence-corrected chi connectivity index (χ2v) is 5.49. The van der Waals surface area contributed by atoms with Gasteiger partial charge in [-0.15, -0.1) is 0 Å². The van der Waals surface area contributed by atoms with Gasteiger partial charge in [-0.3, -0.25) is 0 Å². The molecule has 0 fully saturated rings. The molecule has 1 aromatic heterocycles. The average molecular weight is 285 g/mol. The van der Waals surface area contributed by atoms with Gasteiger partial charge in [0.15, 0.2) is 0 Å². The Morgan fingerprint density at radius 3 is 3.10 bits per heavy atom. The van der Waals surface area contributed by atoms with E-state index in [0.717, 1.165) is 31.8 Å². The standard InChI is InChI=1S/C17H23N3O/c1-3-10-20-11-9-19-17(20)15(18-2)16-14-7-5-4-6-13(14)8-12-21-16/h4-7,9,11,15-16,18H,3,8,10,12H2,1-2H3. The van der Waals surface area contributed by atoms with Gasteiger partial charge in [-0.05, 0) is 31.0 Å². The van der Waals surface area contributed by atoms with Crippen LogP contribution in [0.1, 0.15) is 42.4 Å². The Hall–Kier alpha value is -1.65. The van der Waals surface area contributed by atoms with Crippen molar-refractivity contribution in [2.75, 3.05) is 13.7 Å². The molecule has 2 atom stereocenters. The van der Waals surface area contributed by atoms with Crippen LogP contribution in [0.4, 0.5) is 0 Å². The van der Waals surface area contributed by atoms with Gasteiger partial charge in [0, 0.05) is 18.9 Å². The summed E-state index contributed by atoms with van der Waals surface area (Å²) in [6, 6.07) is 8.65. The van der Waals surface area contributed by atoms with Crippen LogP contribution in [-0.4, -0.2) is 23.2 Å². The molecule has 1 aliphatic heterocycles. The van der Waals surface area contributed by atoms with E-state index in [4.69, 9.17) is 4.74 Å². The first-order chi connectivity index (χ1) is 10.3. The number of rotatable bonds is 5. The second kappa shape index (κ2) is 6.41. The number of fused-ring (bicyclic) bond motifs is 1. The van der Waals surface area contributed by atoms with Gasteiger partial charge in [-0.1, -0.05) is 31.2 Å². The highest BCUT2D eigenvalue weighted by Crippen LogP contribution is 2.36. The fourth-order valence-electron chi connectivity index (χ4n) is 3.15. The van der Waals surface area contributed by atoms with E-state index in [1.165, 1.54) is 11.1 Å². The highest BCUT2D eigenvalue weighted by molar-refractivity contribution is 5.32. The fraction of sp³-hybridized carbons (Fsp3) is 0.471. The summed E-state index contributed by atoms with van der Waals surface area (Å²) in [5.41, 5.74) is 2.68. The Balaban J connectivity index is 1.96. The number of nitrogens with zero attached hydrogens (tertiary/aromatic N) is 2. The molecule has 112 valence electrons. The highest BCUT2D eigenvalue weighted by atomic mass is 16.5. The summed E-state index contributed by atoms with van der Waals surface area (Å²) in [4.78, 5) is 4.57. The van der Waals surface area contributed by atoms with Crippen molar-refractivity contribution in [1.29, 1.82) is 0 Å². The number of ether oxygens (including phenoxy) is 1. The zero-order chi connectivity index (χ0) is 14.7. The van der Waals surface area contributed by atoms with E-state index in [2.05, 4.69) is 52.3 Å². The van der Waals surface area contributed by atoms with Crippen molar-refractivity contribution in [2.24, 2.45) is 0 Å². The molecule has 0 aliphatic carbocycles. The fourth-order valence-corrected chi connectivity index (χ4v) is 3.15. The summed E-state index contributed by atoms with van der Waals surface area (Å²) in [5, 5.41) is 3.41. The lowest BCUT2D eigenvalue weighted by atomic mass is 9.93. The molecular formula is C17H23N3O. The quantitative estimate of drug-likeness (QED) is 0.918. The predicted octanol–water partition coefficient (Wildman–Crippen LogP) is 2.87. The summed E-state index contributed by atoms with van der Waals surface area (Å²) in [6.45, 7) is 3.95. The molecule has 0 radical (unpaired) electrons. The molecule has 1 aliphatic rings. The molecule has 4 nitrogen and oxygen atoms in total. The van der Waals surface area contributed by atoms with Gasteiger partial charge in [0.1, 0.15) is 11.9 Å². The molecule has 4 heteroatoms. The van der Waals surface area contributed by atoms with Crippen LogP contribution in [0.5, 0.6) is 0 Å². The largest absolute Gasteiger partial charge is 0.371 e. The van der Waals surface area contributed by atoms with Gasteiger partial charge in [0.25, 0.3) is 0 Å². The van der Waals surface area contributed by atoms with Crippen molar-refractivity contribution in [3.63, 3.8) is 0 Å². The molecule has 1 aromatic carbocycles. The van der Waals surface area contributed by atoms with Crippen LogP contribution in [0, 0.1) is 0 Å². The third-order valence-corrected chi connectivity index (χ3v) is 4.13. The summed E-state index contributed by atoms with van der Waals surface area (Å²) < 4.78 is 8.32. The third kappa shape index (κ3) is 2.74.